The van der Waals surface area contributed by atoms with Crippen LogP contribution in [0.3, 0.4) is 0 Å². The molecule has 3 fully saturated rings. The summed E-state index contributed by atoms with van der Waals surface area (Å²) in [6.07, 6.45) is 10.5. The van der Waals surface area contributed by atoms with Crippen molar-refractivity contribution < 1.29 is 5.11 Å². The third-order valence-electron chi connectivity index (χ3n) is 7.47. The van der Waals surface area contributed by atoms with E-state index in [-0.39, 0.29) is 0 Å². The van der Waals surface area contributed by atoms with Gasteiger partial charge in [0.25, 0.3) is 0 Å². The average molecular weight is 420 g/mol. The van der Waals surface area contributed by atoms with E-state index in [1.54, 1.807) is 0 Å². The summed E-state index contributed by atoms with van der Waals surface area (Å²) in [7, 11) is 0. The van der Waals surface area contributed by atoms with Crippen molar-refractivity contribution in [3.8, 4) is 0 Å². The predicted octanol–water partition coefficient (Wildman–Crippen LogP) is 4.26. The lowest BCUT2D eigenvalue weighted by Crippen LogP contribution is -2.58. The minimum absolute atomic E-state index is 0.312. The van der Waals surface area contributed by atoms with Gasteiger partial charge in [0.2, 0.25) is 0 Å². The van der Waals surface area contributed by atoms with E-state index in [2.05, 4.69) is 32.9 Å². The molecule has 1 saturated carbocycles. The van der Waals surface area contributed by atoms with Gasteiger partial charge in [0.1, 0.15) is 0 Å². The summed E-state index contributed by atoms with van der Waals surface area (Å²) in [4.78, 5) is 7.92. The van der Waals surface area contributed by atoms with Crippen molar-refractivity contribution in [1.29, 1.82) is 0 Å². The molecule has 0 aromatic heterocycles. The van der Waals surface area contributed by atoms with E-state index >= 15 is 0 Å². The van der Waals surface area contributed by atoms with Crippen molar-refractivity contribution in [2.45, 2.75) is 63.5 Å². The second-order valence-electron chi connectivity index (χ2n) is 9.36. The van der Waals surface area contributed by atoms with E-state index in [9.17, 15) is 5.11 Å². The Hall–Kier alpha value is -0.810. The third kappa shape index (κ3) is 5.66. The van der Waals surface area contributed by atoms with Gasteiger partial charge in [-0.1, -0.05) is 36.9 Å². The summed E-state index contributed by atoms with van der Waals surface area (Å²) >= 11 is 6.18. The molecule has 0 radical (unpaired) electrons. The highest BCUT2D eigenvalue weighted by molar-refractivity contribution is 6.30. The second-order valence-corrected chi connectivity index (χ2v) is 9.79. The highest BCUT2D eigenvalue weighted by atomic mass is 35.5. The summed E-state index contributed by atoms with van der Waals surface area (Å²) in [5.74, 6) is 0.887. The molecule has 0 unspecified atom stereocenters. The molecule has 1 N–H and O–H groups in total. The fourth-order valence-electron chi connectivity index (χ4n) is 5.78. The molecule has 4 rings (SSSR count). The highest BCUT2D eigenvalue weighted by Crippen LogP contribution is 2.29. The average Bonchev–Trinajstić information content (AvgIpc) is 2.76. The highest BCUT2D eigenvalue weighted by Gasteiger charge is 2.33. The number of hydrogen-bond acceptors (Lipinski definition) is 4. The molecule has 4 nitrogen and oxygen atoms in total. The first-order chi connectivity index (χ1) is 14.2. The van der Waals surface area contributed by atoms with Gasteiger partial charge in [-0.25, -0.2) is 0 Å². The van der Waals surface area contributed by atoms with E-state index in [0.29, 0.717) is 18.7 Å². The SMILES string of the molecule is OCC[C@@H]1CN(C2CCN(c3cccc(Cl)c3)CC2)CCN1CC1CCCCC1. The van der Waals surface area contributed by atoms with Crippen LogP contribution in [0, 0.1) is 5.92 Å². The van der Waals surface area contributed by atoms with E-state index < -0.39 is 0 Å². The molecule has 162 valence electrons. The zero-order chi connectivity index (χ0) is 20.1. The lowest BCUT2D eigenvalue weighted by atomic mass is 9.88. The molecule has 2 saturated heterocycles. The molecular weight excluding hydrogens is 382 g/mol. The number of benzene rings is 1. The predicted molar refractivity (Wildman–Crippen MR) is 122 cm³/mol. The lowest BCUT2D eigenvalue weighted by Gasteiger charge is -2.47. The Bertz CT molecular complexity index is 628. The number of hydrogen-bond donors (Lipinski definition) is 1. The first kappa shape index (κ1) is 21.4. The third-order valence-corrected chi connectivity index (χ3v) is 7.71. The van der Waals surface area contributed by atoms with E-state index in [1.165, 1.54) is 70.3 Å². The van der Waals surface area contributed by atoms with Gasteiger partial charge in [0.05, 0.1) is 0 Å². The van der Waals surface area contributed by atoms with Crippen LogP contribution in [-0.4, -0.2) is 72.9 Å². The largest absolute Gasteiger partial charge is 0.396 e. The van der Waals surface area contributed by atoms with Gasteiger partial charge in [-0.2, -0.15) is 0 Å². The monoisotopic (exact) mass is 419 g/mol. The molecule has 0 spiro atoms. The molecule has 1 aromatic rings. The number of anilines is 1. The van der Waals surface area contributed by atoms with E-state index in [4.69, 9.17) is 11.6 Å². The van der Waals surface area contributed by atoms with E-state index in [0.717, 1.165) is 37.0 Å². The van der Waals surface area contributed by atoms with Gasteiger partial charge in [0.15, 0.2) is 0 Å². The first-order valence-corrected chi connectivity index (χ1v) is 12.2. The van der Waals surface area contributed by atoms with E-state index in [1.807, 2.05) is 6.07 Å². The van der Waals surface area contributed by atoms with Crippen molar-refractivity contribution in [1.82, 2.24) is 9.80 Å². The van der Waals surface area contributed by atoms with Crippen LogP contribution in [0.25, 0.3) is 0 Å². The van der Waals surface area contributed by atoms with Gasteiger partial charge in [-0.15, -0.1) is 0 Å². The van der Waals surface area contributed by atoms with Crippen molar-refractivity contribution >= 4 is 17.3 Å². The Labute approximate surface area is 181 Å². The quantitative estimate of drug-likeness (QED) is 0.746. The Balaban J connectivity index is 1.29. The first-order valence-electron chi connectivity index (χ1n) is 11.8. The molecule has 3 aliphatic rings. The van der Waals surface area contributed by atoms with Gasteiger partial charge in [-0.3, -0.25) is 9.80 Å². The van der Waals surface area contributed by atoms with Crippen molar-refractivity contribution in [2.75, 3.05) is 50.8 Å². The van der Waals surface area contributed by atoms with Gasteiger partial charge < -0.3 is 10.0 Å². The molecule has 1 aromatic carbocycles. The summed E-state index contributed by atoms with van der Waals surface area (Å²) in [6, 6.07) is 9.47. The number of nitrogens with zero attached hydrogens (tertiary/aromatic N) is 3. The number of aliphatic hydroxyl groups excluding tert-OH is 1. The normalized spacial score (nSPS) is 26.1. The molecule has 2 aliphatic heterocycles. The Kier molecular flexibility index (Phi) is 7.74. The molecule has 0 bridgehead atoms. The molecule has 1 atom stereocenters. The van der Waals surface area contributed by atoms with Crippen molar-refractivity contribution in [2.24, 2.45) is 5.92 Å². The fraction of sp³-hybridized carbons (Fsp3) is 0.750. The number of halogens is 1. The van der Waals surface area contributed by atoms with Gasteiger partial charge in [-0.05, 0) is 56.2 Å². The minimum atomic E-state index is 0.312. The van der Waals surface area contributed by atoms with Crippen LogP contribution < -0.4 is 4.90 Å². The molecule has 2 heterocycles. The smallest absolute Gasteiger partial charge is 0.0446 e. The summed E-state index contributed by atoms with van der Waals surface area (Å²) in [5, 5.41) is 10.5. The number of aliphatic hydroxyl groups is 1. The standard InChI is InChI=1S/C24H38ClN3O/c25-21-7-4-8-23(17-21)26-12-9-22(10-13-26)28-15-14-27(24(19-28)11-16-29)18-20-5-2-1-3-6-20/h4,7-8,17,20,22,24,29H,1-3,5-6,9-16,18-19H2/t24-/m1/s1. The number of piperazine rings is 1. The zero-order valence-electron chi connectivity index (χ0n) is 17.8. The molecule has 5 heteroatoms. The van der Waals surface area contributed by atoms with Crippen LogP contribution in [0.15, 0.2) is 24.3 Å². The van der Waals surface area contributed by atoms with Crippen LogP contribution in [0.2, 0.25) is 5.02 Å². The lowest BCUT2D eigenvalue weighted by molar-refractivity contribution is 0.0184. The van der Waals surface area contributed by atoms with Crippen LogP contribution in [0.1, 0.15) is 51.4 Å². The van der Waals surface area contributed by atoms with Crippen LogP contribution in [-0.2, 0) is 0 Å². The number of rotatable bonds is 6. The van der Waals surface area contributed by atoms with Gasteiger partial charge >= 0.3 is 0 Å². The summed E-state index contributed by atoms with van der Waals surface area (Å²) in [5.41, 5.74) is 1.26. The van der Waals surface area contributed by atoms with Crippen molar-refractivity contribution in [3.05, 3.63) is 29.3 Å². The van der Waals surface area contributed by atoms with Crippen LogP contribution >= 0.6 is 11.6 Å². The maximum atomic E-state index is 9.66. The topological polar surface area (TPSA) is 30.0 Å². The molecule has 1 aliphatic carbocycles. The Morgan fingerprint density at radius 3 is 2.48 bits per heavy atom. The maximum Gasteiger partial charge on any atom is 0.0446 e. The Morgan fingerprint density at radius 2 is 1.76 bits per heavy atom. The Morgan fingerprint density at radius 1 is 0.966 bits per heavy atom. The minimum Gasteiger partial charge on any atom is -0.396 e. The molecular formula is C24H38ClN3O. The van der Waals surface area contributed by atoms with Crippen LogP contribution in [0.4, 0.5) is 5.69 Å². The maximum absolute atomic E-state index is 9.66. The number of piperidine rings is 1. The zero-order valence-corrected chi connectivity index (χ0v) is 18.6. The fourth-order valence-corrected chi connectivity index (χ4v) is 5.96. The second kappa shape index (κ2) is 10.5. The molecule has 0 amide bonds. The molecule has 29 heavy (non-hydrogen) atoms. The van der Waals surface area contributed by atoms with Crippen LogP contribution in [0.5, 0.6) is 0 Å². The van der Waals surface area contributed by atoms with Gasteiger partial charge in [0, 0.05) is 68.7 Å². The van der Waals surface area contributed by atoms with Crippen molar-refractivity contribution in [3.63, 3.8) is 0 Å². The summed E-state index contributed by atoms with van der Waals surface area (Å²) < 4.78 is 0. The summed E-state index contributed by atoms with van der Waals surface area (Å²) in [6.45, 7) is 7.29.